The third-order valence-corrected chi connectivity index (χ3v) is 2.83. The van der Waals surface area contributed by atoms with Crippen molar-refractivity contribution in [3.63, 3.8) is 0 Å². The molecule has 0 aliphatic heterocycles. The van der Waals surface area contributed by atoms with E-state index < -0.39 is 12.0 Å². The molecule has 19 heavy (non-hydrogen) atoms. The molecule has 5 heteroatoms. The van der Waals surface area contributed by atoms with Crippen molar-refractivity contribution in [2.75, 3.05) is 7.11 Å². The normalized spacial score (nSPS) is 12.3. The van der Waals surface area contributed by atoms with E-state index >= 15 is 0 Å². The minimum absolute atomic E-state index is 0.0101. The highest BCUT2D eigenvalue weighted by Crippen LogP contribution is 2.13. The van der Waals surface area contributed by atoms with Crippen LogP contribution in [0.4, 0.5) is 0 Å². The van der Waals surface area contributed by atoms with Crippen LogP contribution in [0.5, 0.6) is 0 Å². The van der Waals surface area contributed by atoms with Crippen LogP contribution >= 0.6 is 11.6 Å². The molecule has 1 aromatic rings. The average molecular weight is 284 g/mol. The summed E-state index contributed by atoms with van der Waals surface area (Å²) < 4.78 is 4.62. The maximum Gasteiger partial charge on any atom is 0.307 e. The molecule has 0 bridgehead atoms. The smallest absolute Gasteiger partial charge is 0.307 e. The molecule has 1 aromatic carbocycles. The Labute approximate surface area is 118 Å². The van der Waals surface area contributed by atoms with Gasteiger partial charge >= 0.3 is 5.97 Å². The van der Waals surface area contributed by atoms with Crippen LogP contribution in [0.2, 0.25) is 5.02 Å². The summed E-state index contributed by atoms with van der Waals surface area (Å²) in [6, 6.07) is 6.10. The van der Waals surface area contributed by atoms with Gasteiger partial charge in [-0.3, -0.25) is 9.59 Å². The van der Waals surface area contributed by atoms with Crippen molar-refractivity contribution in [3.05, 3.63) is 34.9 Å². The molecule has 0 radical (unpaired) electrons. The number of hydrogen-bond donors (Lipinski definition) is 1. The number of carbonyl (C=O) groups is 2. The van der Waals surface area contributed by atoms with Crippen LogP contribution in [0.1, 0.15) is 30.6 Å². The Kier molecular flexibility index (Phi) is 5.99. The van der Waals surface area contributed by atoms with Crippen molar-refractivity contribution in [2.24, 2.45) is 0 Å². The summed E-state index contributed by atoms with van der Waals surface area (Å²) in [4.78, 5) is 23.7. The summed E-state index contributed by atoms with van der Waals surface area (Å²) in [5.74, 6) is -0.559. The molecule has 1 N–H and O–H groups in total. The van der Waals surface area contributed by atoms with Crippen molar-refractivity contribution in [2.45, 2.75) is 32.4 Å². The molecular formula is C14H18ClNO3. The summed E-state index contributed by atoms with van der Waals surface area (Å²) >= 11 is 5.79. The Morgan fingerprint density at radius 2 is 1.84 bits per heavy atom. The number of hydrogen-bond acceptors (Lipinski definition) is 4. The largest absolute Gasteiger partial charge is 0.469 e. The first-order valence-electron chi connectivity index (χ1n) is 6.06. The minimum Gasteiger partial charge on any atom is -0.469 e. The standard InChI is InChI=1S/C14H18ClNO3/c1-9(2)16-12(8-13(17)19-3)14(18)10-4-6-11(15)7-5-10/h4-7,9,12,16H,8H2,1-3H3. The fraction of sp³-hybridized carbons (Fsp3) is 0.429. The molecule has 0 aliphatic carbocycles. The van der Waals surface area contributed by atoms with E-state index in [0.29, 0.717) is 10.6 Å². The van der Waals surface area contributed by atoms with Gasteiger partial charge in [-0.2, -0.15) is 0 Å². The highest BCUT2D eigenvalue weighted by molar-refractivity contribution is 6.30. The molecule has 0 aromatic heterocycles. The predicted molar refractivity (Wildman–Crippen MR) is 74.5 cm³/mol. The number of halogens is 1. The van der Waals surface area contributed by atoms with Crippen LogP contribution in [0.25, 0.3) is 0 Å². The van der Waals surface area contributed by atoms with E-state index in [0.717, 1.165) is 0 Å². The van der Waals surface area contributed by atoms with Gasteiger partial charge in [-0.1, -0.05) is 25.4 Å². The predicted octanol–water partition coefficient (Wildman–Crippen LogP) is 2.45. The number of rotatable bonds is 6. The van der Waals surface area contributed by atoms with Crippen molar-refractivity contribution in [1.82, 2.24) is 5.32 Å². The molecule has 0 amide bonds. The second-order valence-electron chi connectivity index (χ2n) is 4.53. The monoisotopic (exact) mass is 283 g/mol. The second-order valence-corrected chi connectivity index (χ2v) is 4.96. The first-order chi connectivity index (χ1) is 8.93. The number of ketones is 1. The van der Waals surface area contributed by atoms with E-state index in [-0.39, 0.29) is 18.2 Å². The van der Waals surface area contributed by atoms with Gasteiger partial charge < -0.3 is 10.1 Å². The van der Waals surface area contributed by atoms with Crippen molar-refractivity contribution in [1.29, 1.82) is 0 Å². The summed E-state index contributed by atoms with van der Waals surface area (Å²) in [5, 5.41) is 3.64. The Morgan fingerprint density at radius 1 is 1.26 bits per heavy atom. The van der Waals surface area contributed by atoms with Crippen LogP contribution in [-0.2, 0) is 9.53 Å². The lowest BCUT2D eigenvalue weighted by Gasteiger charge is -2.19. The van der Waals surface area contributed by atoms with Crippen LogP contribution in [0.15, 0.2) is 24.3 Å². The number of nitrogens with one attached hydrogen (secondary N) is 1. The van der Waals surface area contributed by atoms with E-state index in [1.54, 1.807) is 24.3 Å². The molecule has 0 fully saturated rings. The quantitative estimate of drug-likeness (QED) is 0.644. The van der Waals surface area contributed by atoms with Gasteiger partial charge in [-0.05, 0) is 24.3 Å². The Bertz CT molecular complexity index is 443. The van der Waals surface area contributed by atoms with E-state index in [1.165, 1.54) is 7.11 Å². The Hall–Kier alpha value is -1.39. The number of carbonyl (C=O) groups excluding carboxylic acids is 2. The molecule has 104 valence electrons. The number of benzene rings is 1. The number of Topliss-reactive ketones (excluding diaryl/α,β-unsaturated/α-hetero) is 1. The lowest BCUT2D eigenvalue weighted by Crippen LogP contribution is -2.42. The molecule has 1 unspecified atom stereocenters. The van der Waals surface area contributed by atoms with Crippen LogP contribution in [0, 0.1) is 0 Å². The van der Waals surface area contributed by atoms with E-state index in [2.05, 4.69) is 10.1 Å². The molecule has 1 rings (SSSR count). The Balaban J connectivity index is 2.86. The van der Waals surface area contributed by atoms with Gasteiger partial charge in [0.1, 0.15) is 0 Å². The highest BCUT2D eigenvalue weighted by atomic mass is 35.5. The zero-order valence-electron chi connectivity index (χ0n) is 11.3. The average Bonchev–Trinajstić information content (AvgIpc) is 2.37. The SMILES string of the molecule is COC(=O)CC(NC(C)C)C(=O)c1ccc(Cl)cc1. The fourth-order valence-corrected chi connectivity index (χ4v) is 1.82. The molecule has 0 spiro atoms. The molecule has 0 saturated heterocycles. The number of ether oxygens (including phenoxy) is 1. The lowest BCUT2D eigenvalue weighted by atomic mass is 10.0. The van der Waals surface area contributed by atoms with Crippen LogP contribution in [-0.4, -0.2) is 30.9 Å². The van der Waals surface area contributed by atoms with Crippen molar-refractivity contribution in [3.8, 4) is 0 Å². The maximum absolute atomic E-state index is 12.3. The fourth-order valence-electron chi connectivity index (χ4n) is 1.70. The van der Waals surface area contributed by atoms with Gasteiger partial charge in [0.25, 0.3) is 0 Å². The maximum atomic E-state index is 12.3. The van der Waals surface area contributed by atoms with Crippen molar-refractivity contribution >= 4 is 23.4 Å². The third-order valence-electron chi connectivity index (χ3n) is 2.58. The first-order valence-corrected chi connectivity index (χ1v) is 6.44. The van der Waals surface area contributed by atoms with Gasteiger partial charge in [-0.25, -0.2) is 0 Å². The third kappa shape index (κ3) is 5.01. The van der Waals surface area contributed by atoms with Gasteiger partial charge in [0.15, 0.2) is 5.78 Å². The molecule has 4 nitrogen and oxygen atoms in total. The van der Waals surface area contributed by atoms with Gasteiger partial charge in [-0.15, -0.1) is 0 Å². The number of esters is 1. The van der Waals surface area contributed by atoms with Crippen LogP contribution in [0.3, 0.4) is 0 Å². The van der Waals surface area contributed by atoms with Gasteiger partial charge in [0.05, 0.1) is 19.6 Å². The highest BCUT2D eigenvalue weighted by Gasteiger charge is 2.23. The second kappa shape index (κ2) is 7.26. The zero-order valence-corrected chi connectivity index (χ0v) is 12.0. The number of methoxy groups -OCH3 is 1. The topological polar surface area (TPSA) is 55.4 Å². The summed E-state index contributed by atoms with van der Waals surface area (Å²) in [5.41, 5.74) is 0.520. The lowest BCUT2D eigenvalue weighted by molar-refractivity contribution is -0.141. The van der Waals surface area contributed by atoms with Crippen molar-refractivity contribution < 1.29 is 14.3 Å². The molecule has 0 saturated carbocycles. The summed E-state index contributed by atoms with van der Waals surface area (Å²) in [6.45, 7) is 3.83. The molecule has 0 heterocycles. The van der Waals surface area contributed by atoms with Crippen LogP contribution < -0.4 is 5.32 Å². The van der Waals surface area contributed by atoms with Gasteiger partial charge in [0.2, 0.25) is 0 Å². The Morgan fingerprint density at radius 3 is 2.32 bits per heavy atom. The first kappa shape index (κ1) is 15.7. The summed E-state index contributed by atoms with van der Waals surface area (Å²) in [6.07, 6.45) is 0.0101. The molecule has 0 aliphatic rings. The molecular weight excluding hydrogens is 266 g/mol. The van der Waals surface area contributed by atoms with Gasteiger partial charge in [0, 0.05) is 16.6 Å². The van der Waals surface area contributed by atoms with E-state index in [1.807, 2.05) is 13.8 Å². The zero-order chi connectivity index (χ0) is 14.4. The summed E-state index contributed by atoms with van der Waals surface area (Å²) in [7, 11) is 1.31. The van der Waals surface area contributed by atoms with E-state index in [4.69, 9.17) is 11.6 Å². The minimum atomic E-state index is -0.589. The van der Waals surface area contributed by atoms with E-state index in [9.17, 15) is 9.59 Å². The molecule has 1 atom stereocenters.